The third kappa shape index (κ3) is 3.43. The van der Waals surface area contributed by atoms with Crippen molar-refractivity contribution in [1.82, 2.24) is 9.80 Å². The van der Waals surface area contributed by atoms with E-state index in [4.69, 9.17) is 10.9 Å². The van der Waals surface area contributed by atoms with Crippen molar-refractivity contribution in [3.63, 3.8) is 0 Å². The Kier molecular flexibility index (Phi) is 4.64. The summed E-state index contributed by atoms with van der Waals surface area (Å²) in [6.07, 6.45) is 0. The number of phenols is 1. The molecule has 1 fully saturated rings. The number of rotatable bonds is 3. The van der Waals surface area contributed by atoms with E-state index in [1.54, 1.807) is 17.0 Å². The van der Waals surface area contributed by atoms with Gasteiger partial charge in [-0.2, -0.15) is 0 Å². The quantitative estimate of drug-likeness (QED) is 0.321. The van der Waals surface area contributed by atoms with Crippen LogP contribution in [0, 0.1) is 0 Å². The Labute approximate surface area is 123 Å². The molecule has 1 amide bonds. The third-order valence-corrected chi connectivity index (χ3v) is 3.79. The molecule has 21 heavy (non-hydrogen) atoms. The van der Waals surface area contributed by atoms with Crippen LogP contribution in [0.2, 0.25) is 0 Å². The zero-order valence-corrected chi connectivity index (χ0v) is 11.9. The van der Waals surface area contributed by atoms with E-state index in [0.717, 1.165) is 0 Å². The standard InChI is InChI=1S/C14H20N4O3/c1-10(13(15)16-21)17-5-7-18(8-6-17)14(20)11-3-2-4-12(19)9-11/h2-4,9-10,19,21H,5-8H2,1H3,(H2,15,16). The molecule has 7 heteroatoms. The summed E-state index contributed by atoms with van der Waals surface area (Å²) in [6, 6.07) is 6.18. The van der Waals surface area contributed by atoms with Gasteiger partial charge in [0.15, 0.2) is 5.84 Å². The van der Waals surface area contributed by atoms with E-state index in [1.165, 1.54) is 12.1 Å². The summed E-state index contributed by atoms with van der Waals surface area (Å²) in [5.41, 5.74) is 6.08. The van der Waals surface area contributed by atoms with Gasteiger partial charge in [-0.1, -0.05) is 11.2 Å². The fourth-order valence-electron chi connectivity index (χ4n) is 2.40. The molecule has 1 aliphatic rings. The maximum atomic E-state index is 12.3. The molecule has 1 aromatic carbocycles. The molecule has 1 saturated heterocycles. The first-order valence-corrected chi connectivity index (χ1v) is 6.82. The molecule has 4 N–H and O–H groups in total. The predicted octanol–water partition coefficient (Wildman–Crippen LogP) is 0.285. The van der Waals surface area contributed by atoms with Crippen LogP contribution in [0.25, 0.3) is 0 Å². The highest BCUT2D eigenvalue weighted by molar-refractivity contribution is 5.94. The minimum absolute atomic E-state index is 0.0834. The lowest BCUT2D eigenvalue weighted by Crippen LogP contribution is -2.54. The first-order chi connectivity index (χ1) is 10.0. The van der Waals surface area contributed by atoms with Gasteiger partial charge in [-0.05, 0) is 25.1 Å². The fraction of sp³-hybridized carbons (Fsp3) is 0.429. The Hall–Kier alpha value is -2.28. The fourth-order valence-corrected chi connectivity index (χ4v) is 2.40. The molecule has 7 nitrogen and oxygen atoms in total. The second-order valence-electron chi connectivity index (χ2n) is 5.08. The first-order valence-electron chi connectivity index (χ1n) is 6.82. The minimum atomic E-state index is -0.159. The SMILES string of the molecule is CC(C(N)=NO)N1CCN(C(=O)c2cccc(O)c2)CC1. The lowest BCUT2D eigenvalue weighted by Gasteiger charge is -2.37. The number of carbonyl (C=O) groups is 1. The first kappa shape index (κ1) is 15.1. The largest absolute Gasteiger partial charge is 0.508 e. The van der Waals surface area contributed by atoms with Crippen molar-refractivity contribution in [2.45, 2.75) is 13.0 Å². The van der Waals surface area contributed by atoms with Gasteiger partial charge in [-0.3, -0.25) is 9.69 Å². The van der Waals surface area contributed by atoms with Crippen molar-refractivity contribution in [3.8, 4) is 5.75 Å². The van der Waals surface area contributed by atoms with Crippen molar-refractivity contribution < 1.29 is 15.1 Å². The van der Waals surface area contributed by atoms with Crippen LogP contribution in [-0.4, -0.2) is 64.1 Å². The van der Waals surface area contributed by atoms with Crippen LogP contribution in [-0.2, 0) is 0 Å². The summed E-state index contributed by atoms with van der Waals surface area (Å²) in [7, 11) is 0. The van der Waals surface area contributed by atoms with Crippen molar-refractivity contribution in [1.29, 1.82) is 0 Å². The van der Waals surface area contributed by atoms with Gasteiger partial charge < -0.3 is 20.9 Å². The van der Waals surface area contributed by atoms with Gasteiger partial charge in [-0.25, -0.2) is 0 Å². The van der Waals surface area contributed by atoms with Gasteiger partial charge in [0.2, 0.25) is 0 Å². The molecule has 0 saturated carbocycles. The highest BCUT2D eigenvalue weighted by atomic mass is 16.4. The number of benzene rings is 1. The maximum absolute atomic E-state index is 12.3. The topological polar surface area (TPSA) is 102 Å². The lowest BCUT2D eigenvalue weighted by atomic mass is 10.1. The van der Waals surface area contributed by atoms with E-state index in [0.29, 0.717) is 31.7 Å². The summed E-state index contributed by atoms with van der Waals surface area (Å²) in [5.74, 6) is 0.157. The van der Waals surface area contributed by atoms with Crippen LogP contribution in [0.15, 0.2) is 29.4 Å². The monoisotopic (exact) mass is 292 g/mol. The Morgan fingerprint density at radius 1 is 1.33 bits per heavy atom. The van der Waals surface area contributed by atoms with Crippen LogP contribution in [0.1, 0.15) is 17.3 Å². The molecule has 2 rings (SSSR count). The molecule has 0 radical (unpaired) electrons. The van der Waals surface area contributed by atoms with Gasteiger partial charge in [0, 0.05) is 31.7 Å². The van der Waals surface area contributed by atoms with Crippen molar-refractivity contribution in [2.24, 2.45) is 10.9 Å². The molecule has 0 bridgehead atoms. The number of hydrogen-bond donors (Lipinski definition) is 3. The number of aromatic hydroxyl groups is 1. The number of nitrogens with zero attached hydrogens (tertiary/aromatic N) is 3. The molecule has 0 spiro atoms. The zero-order valence-electron chi connectivity index (χ0n) is 11.9. The van der Waals surface area contributed by atoms with Crippen LogP contribution in [0.3, 0.4) is 0 Å². The number of amidine groups is 1. The number of piperazine rings is 1. The Bertz CT molecular complexity index is 539. The number of phenolic OH excluding ortho intramolecular Hbond substituents is 1. The van der Waals surface area contributed by atoms with E-state index < -0.39 is 0 Å². The molecule has 1 atom stereocenters. The van der Waals surface area contributed by atoms with Crippen LogP contribution in [0.5, 0.6) is 5.75 Å². The van der Waals surface area contributed by atoms with Crippen LogP contribution < -0.4 is 5.73 Å². The van der Waals surface area contributed by atoms with Crippen LogP contribution in [0.4, 0.5) is 0 Å². The number of amides is 1. The van der Waals surface area contributed by atoms with Crippen LogP contribution >= 0.6 is 0 Å². The summed E-state index contributed by atoms with van der Waals surface area (Å²) in [4.78, 5) is 16.1. The molecular formula is C14H20N4O3. The molecule has 0 aliphatic carbocycles. The molecule has 1 aliphatic heterocycles. The summed E-state index contributed by atoms with van der Waals surface area (Å²) < 4.78 is 0. The van der Waals surface area contributed by atoms with E-state index >= 15 is 0 Å². The number of nitrogens with two attached hydrogens (primary N) is 1. The molecule has 114 valence electrons. The normalized spacial score (nSPS) is 18.5. The second kappa shape index (κ2) is 6.45. The Morgan fingerprint density at radius 3 is 2.57 bits per heavy atom. The van der Waals surface area contributed by atoms with E-state index in [2.05, 4.69) is 10.1 Å². The molecule has 1 unspecified atom stereocenters. The average Bonchev–Trinajstić information content (AvgIpc) is 2.53. The Balaban J connectivity index is 1.96. The molecule has 1 heterocycles. The summed E-state index contributed by atoms with van der Waals surface area (Å²) in [6.45, 7) is 4.31. The smallest absolute Gasteiger partial charge is 0.254 e. The number of hydrogen-bond acceptors (Lipinski definition) is 5. The third-order valence-electron chi connectivity index (χ3n) is 3.79. The highest BCUT2D eigenvalue weighted by Crippen LogP contribution is 2.15. The van der Waals surface area contributed by atoms with Gasteiger partial charge in [0.1, 0.15) is 5.75 Å². The van der Waals surface area contributed by atoms with Crippen molar-refractivity contribution >= 4 is 11.7 Å². The minimum Gasteiger partial charge on any atom is -0.508 e. The van der Waals surface area contributed by atoms with Crippen molar-refractivity contribution in [3.05, 3.63) is 29.8 Å². The number of oxime groups is 1. The average molecular weight is 292 g/mol. The molecular weight excluding hydrogens is 272 g/mol. The second-order valence-corrected chi connectivity index (χ2v) is 5.08. The highest BCUT2D eigenvalue weighted by Gasteiger charge is 2.26. The number of carbonyl (C=O) groups excluding carboxylic acids is 1. The predicted molar refractivity (Wildman–Crippen MR) is 78.5 cm³/mol. The van der Waals surface area contributed by atoms with E-state index in [1.807, 2.05) is 6.92 Å². The summed E-state index contributed by atoms with van der Waals surface area (Å²) >= 11 is 0. The van der Waals surface area contributed by atoms with Gasteiger partial charge in [-0.15, -0.1) is 0 Å². The molecule has 0 aromatic heterocycles. The van der Waals surface area contributed by atoms with E-state index in [-0.39, 0.29) is 23.5 Å². The van der Waals surface area contributed by atoms with E-state index in [9.17, 15) is 9.90 Å². The maximum Gasteiger partial charge on any atom is 0.254 e. The molecule has 1 aromatic rings. The van der Waals surface area contributed by atoms with Gasteiger partial charge >= 0.3 is 0 Å². The van der Waals surface area contributed by atoms with Crippen molar-refractivity contribution in [2.75, 3.05) is 26.2 Å². The van der Waals surface area contributed by atoms with Gasteiger partial charge in [0.25, 0.3) is 5.91 Å². The summed E-state index contributed by atoms with van der Waals surface area (Å²) in [5, 5.41) is 21.2. The lowest BCUT2D eigenvalue weighted by molar-refractivity contribution is 0.0618. The Morgan fingerprint density at radius 2 is 2.00 bits per heavy atom. The zero-order chi connectivity index (χ0) is 15.4. The van der Waals surface area contributed by atoms with Gasteiger partial charge in [0.05, 0.1) is 6.04 Å².